The standard InChI is InChI=1S/C17H18N4O5S/c1-3-11(14(22)18-8-10-6-5-7-27-10)21-9-19-15-12(16(21)23)13(20-26-15)17(24)25-4-2/h5-7,9,11H,3-4,8H2,1-2H3,(H,18,22). The van der Waals surface area contributed by atoms with E-state index in [1.54, 1.807) is 13.8 Å². The molecule has 3 heterocycles. The molecule has 142 valence electrons. The van der Waals surface area contributed by atoms with Gasteiger partial charge in [-0.15, -0.1) is 11.3 Å². The molecule has 0 spiro atoms. The first-order valence-corrected chi connectivity index (χ1v) is 9.28. The number of thiophene rings is 1. The van der Waals surface area contributed by atoms with Crippen LogP contribution in [-0.4, -0.2) is 33.2 Å². The van der Waals surface area contributed by atoms with Gasteiger partial charge in [-0.25, -0.2) is 9.78 Å². The van der Waals surface area contributed by atoms with Gasteiger partial charge in [0.25, 0.3) is 11.3 Å². The lowest BCUT2D eigenvalue weighted by molar-refractivity contribution is -0.124. The number of carbonyl (C=O) groups excluding carboxylic acids is 2. The molecule has 3 aromatic rings. The highest BCUT2D eigenvalue weighted by Gasteiger charge is 2.26. The van der Waals surface area contributed by atoms with Gasteiger partial charge in [-0.1, -0.05) is 18.1 Å². The maximum Gasteiger partial charge on any atom is 0.361 e. The van der Waals surface area contributed by atoms with E-state index in [1.807, 2.05) is 17.5 Å². The minimum absolute atomic E-state index is 0.0758. The van der Waals surface area contributed by atoms with E-state index in [2.05, 4.69) is 15.5 Å². The fourth-order valence-corrected chi connectivity index (χ4v) is 3.28. The van der Waals surface area contributed by atoms with E-state index in [9.17, 15) is 14.4 Å². The van der Waals surface area contributed by atoms with Crippen molar-refractivity contribution in [2.45, 2.75) is 32.9 Å². The molecule has 1 N–H and O–H groups in total. The summed E-state index contributed by atoms with van der Waals surface area (Å²) in [6.45, 7) is 3.93. The lowest BCUT2D eigenvalue weighted by atomic mass is 10.2. The quantitative estimate of drug-likeness (QED) is 0.612. The van der Waals surface area contributed by atoms with Gasteiger partial charge in [0.1, 0.15) is 17.8 Å². The van der Waals surface area contributed by atoms with Gasteiger partial charge >= 0.3 is 5.97 Å². The zero-order chi connectivity index (χ0) is 19.4. The zero-order valence-corrected chi connectivity index (χ0v) is 15.6. The normalized spacial score (nSPS) is 12.1. The highest BCUT2D eigenvalue weighted by molar-refractivity contribution is 7.09. The summed E-state index contributed by atoms with van der Waals surface area (Å²) in [6.07, 6.45) is 1.59. The predicted molar refractivity (Wildman–Crippen MR) is 97.5 cm³/mol. The number of nitrogens with zero attached hydrogens (tertiary/aromatic N) is 3. The van der Waals surface area contributed by atoms with E-state index < -0.39 is 17.6 Å². The van der Waals surface area contributed by atoms with Crippen LogP contribution >= 0.6 is 11.3 Å². The minimum atomic E-state index is -0.778. The Kier molecular flexibility index (Phi) is 5.65. The average Bonchev–Trinajstić information content (AvgIpc) is 3.32. The molecule has 1 amide bonds. The maximum atomic E-state index is 12.9. The Labute approximate surface area is 157 Å². The second-order valence-corrected chi connectivity index (χ2v) is 6.64. The molecule has 27 heavy (non-hydrogen) atoms. The number of esters is 1. The third kappa shape index (κ3) is 3.75. The van der Waals surface area contributed by atoms with Crippen molar-refractivity contribution in [3.05, 3.63) is 44.8 Å². The Morgan fingerprint density at radius 3 is 2.89 bits per heavy atom. The summed E-state index contributed by atoms with van der Waals surface area (Å²) < 4.78 is 11.0. The Bertz CT molecular complexity index is 1010. The molecule has 1 atom stereocenters. The van der Waals surface area contributed by atoms with Crippen LogP contribution in [0.3, 0.4) is 0 Å². The van der Waals surface area contributed by atoms with Crippen LogP contribution in [0, 0.1) is 0 Å². The number of aromatic nitrogens is 3. The van der Waals surface area contributed by atoms with Crippen molar-refractivity contribution < 1.29 is 18.8 Å². The number of hydrogen-bond acceptors (Lipinski definition) is 8. The maximum absolute atomic E-state index is 12.9. The number of ether oxygens (including phenoxy) is 1. The van der Waals surface area contributed by atoms with Crippen molar-refractivity contribution in [1.82, 2.24) is 20.0 Å². The molecule has 0 saturated carbocycles. The summed E-state index contributed by atoms with van der Waals surface area (Å²) in [5.74, 6) is -1.09. The van der Waals surface area contributed by atoms with Crippen molar-refractivity contribution in [3.8, 4) is 0 Å². The molecule has 0 aliphatic heterocycles. The highest BCUT2D eigenvalue weighted by atomic mass is 32.1. The molecule has 0 aromatic carbocycles. The van der Waals surface area contributed by atoms with Crippen LogP contribution in [0.4, 0.5) is 0 Å². The van der Waals surface area contributed by atoms with E-state index in [1.165, 1.54) is 22.2 Å². The van der Waals surface area contributed by atoms with Crippen LogP contribution in [0.25, 0.3) is 11.1 Å². The molecule has 0 fully saturated rings. The van der Waals surface area contributed by atoms with Crippen LogP contribution in [0.1, 0.15) is 41.7 Å². The molecular weight excluding hydrogens is 372 g/mol. The molecule has 0 aliphatic rings. The van der Waals surface area contributed by atoms with E-state index >= 15 is 0 Å². The van der Waals surface area contributed by atoms with E-state index in [0.29, 0.717) is 13.0 Å². The van der Waals surface area contributed by atoms with Gasteiger partial charge in [-0.05, 0) is 24.8 Å². The summed E-state index contributed by atoms with van der Waals surface area (Å²) in [4.78, 5) is 42.5. The summed E-state index contributed by atoms with van der Waals surface area (Å²) in [6, 6.07) is 3.03. The van der Waals surface area contributed by atoms with Crippen molar-refractivity contribution in [2.75, 3.05) is 6.61 Å². The second-order valence-electron chi connectivity index (χ2n) is 5.61. The van der Waals surface area contributed by atoms with Gasteiger partial charge in [0.2, 0.25) is 11.6 Å². The Hall–Kier alpha value is -3.01. The summed E-state index contributed by atoms with van der Waals surface area (Å²) >= 11 is 1.53. The van der Waals surface area contributed by atoms with Crippen molar-refractivity contribution in [2.24, 2.45) is 0 Å². The minimum Gasteiger partial charge on any atom is -0.461 e. The summed E-state index contributed by atoms with van der Waals surface area (Å²) in [5.41, 5.74) is -0.900. The van der Waals surface area contributed by atoms with Gasteiger partial charge < -0.3 is 14.6 Å². The summed E-state index contributed by atoms with van der Waals surface area (Å²) in [5, 5.41) is 8.23. The van der Waals surface area contributed by atoms with Crippen LogP contribution in [0.15, 0.2) is 33.2 Å². The smallest absolute Gasteiger partial charge is 0.361 e. The fourth-order valence-electron chi connectivity index (χ4n) is 2.63. The van der Waals surface area contributed by atoms with Crippen molar-refractivity contribution in [1.29, 1.82) is 0 Å². The first-order valence-electron chi connectivity index (χ1n) is 8.40. The molecule has 9 nitrogen and oxygen atoms in total. The molecule has 0 aliphatic carbocycles. The first-order chi connectivity index (χ1) is 13.1. The fraction of sp³-hybridized carbons (Fsp3) is 0.353. The lowest BCUT2D eigenvalue weighted by Crippen LogP contribution is -2.37. The molecule has 10 heteroatoms. The largest absolute Gasteiger partial charge is 0.461 e. The van der Waals surface area contributed by atoms with E-state index in [-0.39, 0.29) is 29.3 Å². The zero-order valence-electron chi connectivity index (χ0n) is 14.8. The van der Waals surface area contributed by atoms with Crippen LogP contribution in [-0.2, 0) is 16.1 Å². The number of nitrogens with one attached hydrogen (secondary N) is 1. The molecule has 0 radical (unpaired) electrons. The third-order valence-corrected chi connectivity index (χ3v) is 4.81. The molecule has 1 unspecified atom stereocenters. The number of fused-ring (bicyclic) bond motifs is 1. The molecule has 0 saturated heterocycles. The second kappa shape index (κ2) is 8.12. The number of carbonyl (C=O) groups is 2. The number of hydrogen-bond donors (Lipinski definition) is 1. The topological polar surface area (TPSA) is 116 Å². The predicted octanol–water partition coefficient (Wildman–Crippen LogP) is 1.89. The summed E-state index contributed by atoms with van der Waals surface area (Å²) in [7, 11) is 0. The monoisotopic (exact) mass is 390 g/mol. The van der Waals surface area contributed by atoms with Gasteiger partial charge in [0.05, 0.1) is 13.2 Å². The van der Waals surface area contributed by atoms with Gasteiger partial charge in [0.15, 0.2) is 0 Å². The Morgan fingerprint density at radius 1 is 1.41 bits per heavy atom. The number of rotatable bonds is 7. The van der Waals surface area contributed by atoms with Crippen LogP contribution in [0.2, 0.25) is 0 Å². The van der Waals surface area contributed by atoms with Gasteiger partial charge in [-0.2, -0.15) is 0 Å². The van der Waals surface area contributed by atoms with Crippen LogP contribution < -0.4 is 10.9 Å². The average molecular weight is 390 g/mol. The van der Waals surface area contributed by atoms with E-state index in [4.69, 9.17) is 9.26 Å². The molecular formula is C17H18N4O5S. The van der Waals surface area contributed by atoms with E-state index in [0.717, 1.165) is 4.88 Å². The van der Waals surface area contributed by atoms with Crippen molar-refractivity contribution >= 4 is 34.3 Å². The Balaban J connectivity index is 1.92. The molecule has 3 rings (SSSR count). The number of amides is 1. The van der Waals surface area contributed by atoms with Gasteiger partial charge in [0, 0.05) is 4.88 Å². The molecule has 3 aromatic heterocycles. The Morgan fingerprint density at radius 2 is 2.22 bits per heavy atom. The first kappa shape index (κ1) is 18.8. The SMILES string of the molecule is CCOC(=O)c1noc2ncn(C(CC)C(=O)NCc3cccs3)c(=O)c12. The highest BCUT2D eigenvalue weighted by Crippen LogP contribution is 2.16. The lowest BCUT2D eigenvalue weighted by Gasteiger charge is -2.17. The third-order valence-electron chi connectivity index (χ3n) is 3.93. The molecule has 0 bridgehead atoms. The van der Waals surface area contributed by atoms with Crippen LogP contribution in [0.5, 0.6) is 0 Å². The van der Waals surface area contributed by atoms with Crippen molar-refractivity contribution in [3.63, 3.8) is 0 Å². The van der Waals surface area contributed by atoms with Gasteiger partial charge in [-0.3, -0.25) is 14.2 Å².